The number of rotatable bonds is 12. The van der Waals surface area contributed by atoms with Crippen LogP contribution in [0.25, 0.3) is 11.4 Å². The van der Waals surface area contributed by atoms with Gasteiger partial charge in [0.1, 0.15) is 25.9 Å². The van der Waals surface area contributed by atoms with Crippen LogP contribution in [0.5, 0.6) is 0 Å². The number of aromatic nitrogens is 3. The Morgan fingerprint density at radius 2 is 1.51 bits per heavy atom. The summed E-state index contributed by atoms with van der Waals surface area (Å²) in [6, 6.07) is 13.8. The van der Waals surface area contributed by atoms with E-state index in [-0.39, 0.29) is 71.3 Å². The fourth-order valence-corrected chi connectivity index (χ4v) is 6.94. The Kier molecular flexibility index (Phi) is 15.0. The molecule has 55 heavy (non-hydrogen) atoms. The van der Waals surface area contributed by atoms with E-state index < -0.39 is 56.9 Å². The Bertz CT molecular complexity index is 2450. The van der Waals surface area contributed by atoms with Crippen molar-refractivity contribution in [1.82, 2.24) is 19.6 Å². The number of carbonyl (C=O) groups is 1. The molecule has 22 heteroatoms. The number of carbonyl (C=O) groups excluding carboxylic acids is 1. The normalized spacial score (nSPS) is 13.7. The third-order valence-electron chi connectivity index (χ3n) is 7.96. The zero-order chi connectivity index (χ0) is 39.1. The molecule has 0 spiro atoms. The summed E-state index contributed by atoms with van der Waals surface area (Å²) in [7, 11) is -13.7. The van der Waals surface area contributed by atoms with Crippen LogP contribution in [-0.2, 0) is 30.3 Å². The molecule has 17 nitrogen and oxygen atoms in total. The first kappa shape index (κ1) is 46.5. The monoisotopic (exact) mass is 830 g/mol. The van der Waals surface area contributed by atoms with Gasteiger partial charge in [-0.15, -0.1) is 9.89 Å². The van der Waals surface area contributed by atoms with Crippen LogP contribution < -0.4 is 74.1 Å². The van der Waals surface area contributed by atoms with Gasteiger partial charge in [0.25, 0.3) is 5.91 Å². The van der Waals surface area contributed by atoms with Crippen LogP contribution in [0.1, 0.15) is 49.4 Å². The Morgan fingerprint density at radius 3 is 2.02 bits per heavy atom. The van der Waals surface area contributed by atoms with Gasteiger partial charge in [0, 0.05) is 47.6 Å². The van der Waals surface area contributed by atoms with Gasteiger partial charge >= 0.3 is 59.1 Å². The topological polar surface area (TPSA) is 248 Å². The summed E-state index contributed by atoms with van der Waals surface area (Å²) in [4.78, 5) is 24.0. The predicted molar refractivity (Wildman–Crippen MR) is 196 cm³/mol. The quantitative estimate of drug-likeness (QED) is 0.108. The number of sulfonamides is 1. The van der Waals surface area contributed by atoms with Gasteiger partial charge < -0.3 is 19.3 Å². The second-order valence-electron chi connectivity index (χ2n) is 13.2. The number of hydrogen-bond donors (Lipinski definition) is 2. The van der Waals surface area contributed by atoms with Gasteiger partial charge in [-0.25, -0.2) is 40.0 Å². The molecule has 0 fully saturated rings. The summed E-state index contributed by atoms with van der Waals surface area (Å²) >= 11 is 0. The predicted octanol–water partition coefficient (Wildman–Crippen LogP) is -2.92. The van der Waals surface area contributed by atoms with Crippen LogP contribution in [0.4, 0.5) is 17.1 Å². The van der Waals surface area contributed by atoms with Gasteiger partial charge in [-0.2, -0.15) is 5.10 Å². The van der Waals surface area contributed by atoms with E-state index in [0.717, 1.165) is 17.5 Å². The maximum atomic E-state index is 12.9. The van der Waals surface area contributed by atoms with Gasteiger partial charge in [-0.05, 0) is 80.1 Å². The minimum Gasteiger partial charge on any atom is -0.744 e. The van der Waals surface area contributed by atoms with Crippen molar-refractivity contribution in [3.05, 3.63) is 77.6 Å². The van der Waals surface area contributed by atoms with Crippen molar-refractivity contribution in [2.75, 3.05) is 36.1 Å². The first-order chi connectivity index (χ1) is 24.5. The summed E-state index contributed by atoms with van der Waals surface area (Å²) < 4.78 is 94.7. The third kappa shape index (κ3) is 11.6. The van der Waals surface area contributed by atoms with Gasteiger partial charge in [-0.3, -0.25) is 4.79 Å². The first-order valence-electron chi connectivity index (χ1n) is 16.0. The summed E-state index contributed by atoms with van der Waals surface area (Å²) in [5, 5.41) is 11.7. The molecule has 0 saturated heterocycles. The maximum Gasteiger partial charge on any atom is 1.00 e. The van der Waals surface area contributed by atoms with Gasteiger partial charge in [-0.1, -0.05) is 20.8 Å². The SMILES string of the molecule is CCN(CCNS(C)(=O)=O)c1ccc(N=C2C(C(C)(C)C)=Nn3nc(-c4ccc(NC(=O)c5cc(S(=O)(=O)[O-])cc(S(=O)(=O)[O-])c5)cc4)nc32)c(C)c1.[Na+].[Na+]. The van der Waals surface area contributed by atoms with Crippen molar-refractivity contribution in [2.45, 2.75) is 44.4 Å². The number of likely N-dealkylation sites (N-methyl/N-ethyl adjacent to an activating group) is 1. The molecule has 0 aliphatic carbocycles. The molecule has 1 aliphatic heterocycles. The van der Waals surface area contributed by atoms with E-state index in [2.05, 4.69) is 20.0 Å². The average Bonchev–Trinajstić information content (AvgIpc) is 3.62. The van der Waals surface area contributed by atoms with Crippen LogP contribution in [0.2, 0.25) is 0 Å². The number of nitrogens with one attached hydrogen (secondary N) is 2. The summed E-state index contributed by atoms with van der Waals surface area (Å²) in [6.07, 6.45) is 1.12. The molecule has 282 valence electrons. The van der Waals surface area contributed by atoms with Crippen LogP contribution in [-0.4, -0.2) is 92.5 Å². The van der Waals surface area contributed by atoms with Gasteiger partial charge in [0.05, 0.1) is 27.4 Å². The zero-order valence-electron chi connectivity index (χ0n) is 31.5. The van der Waals surface area contributed by atoms with Crippen molar-refractivity contribution in [3.63, 3.8) is 0 Å². The van der Waals surface area contributed by atoms with Gasteiger partial charge in [0.15, 0.2) is 5.82 Å². The van der Waals surface area contributed by atoms with Gasteiger partial charge in [0.2, 0.25) is 15.8 Å². The Labute approximate surface area is 364 Å². The molecule has 0 atom stereocenters. The molecule has 5 rings (SSSR count). The number of nitrogens with zero attached hydrogens (tertiary/aromatic N) is 6. The summed E-state index contributed by atoms with van der Waals surface area (Å²) in [6.45, 7) is 11.3. The van der Waals surface area contributed by atoms with Crippen molar-refractivity contribution in [1.29, 1.82) is 0 Å². The summed E-state index contributed by atoms with van der Waals surface area (Å²) in [5.74, 6) is -0.258. The van der Waals surface area contributed by atoms with Crippen molar-refractivity contribution < 1.29 is 98.3 Å². The molecular formula is C33H36N8Na2O9S3. The van der Waals surface area contributed by atoms with Crippen molar-refractivity contribution in [2.24, 2.45) is 15.5 Å². The maximum absolute atomic E-state index is 12.9. The van der Waals surface area contributed by atoms with E-state index in [0.29, 0.717) is 65.6 Å². The van der Waals surface area contributed by atoms with E-state index >= 15 is 0 Å². The van der Waals surface area contributed by atoms with Crippen molar-refractivity contribution >= 4 is 64.7 Å². The van der Waals surface area contributed by atoms with Crippen LogP contribution >= 0.6 is 0 Å². The fraction of sp³-hybridized carbons (Fsp3) is 0.303. The minimum atomic E-state index is -5.18. The Hall–Kier alpha value is -2.86. The molecule has 0 radical (unpaired) electrons. The van der Waals surface area contributed by atoms with Crippen LogP contribution in [0.15, 0.2) is 80.5 Å². The van der Waals surface area contributed by atoms with Crippen LogP contribution in [0, 0.1) is 12.3 Å². The molecular weight excluding hydrogens is 795 g/mol. The number of amides is 1. The number of aliphatic imine (C=N–C) groups is 1. The molecule has 0 saturated carbocycles. The minimum absolute atomic E-state index is 0. The number of fused-ring (bicyclic) bond motifs is 1. The molecule has 4 aromatic rings. The molecule has 1 amide bonds. The molecule has 0 unspecified atom stereocenters. The number of hydrogen-bond acceptors (Lipinski definition) is 14. The first-order valence-corrected chi connectivity index (χ1v) is 20.7. The number of aryl methyl sites for hydroxylation is 1. The number of benzene rings is 3. The van der Waals surface area contributed by atoms with Crippen LogP contribution in [0.3, 0.4) is 0 Å². The zero-order valence-corrected chi connectivity index (χ0v) is 37.9. The molecule has 3 aromatic carbocycles. The van der Waals surface area contributed by atoms with E-state index in [1.54, 1.807) is 12.1 Å². The molecule has 0 bridgehead atoms. The van der Waals surface area contributed by atoms with Crippen molar-refractivity contribution in [3.8, 4) is 11.4 Å². The number of anilines is 2. The molecule has 2 heterocycles. The largest absolute Gasteiger partial charge is 1.00 e. The van der Waals surface area contributed by atoms with E-state index in [1.807, 2.05) is 52.8 Å². The van der Waals surface area contributed by atoms with E-state index in [4.69, 9.17) is 15.1 Å². The second-order valence-corrected chi connectivity index (χ2v) is 17.7. The van der Waals surface area contributed by atoms with E-state index in [1.165, 1.54) is 16.9 Å². The average molecular weight is 831 g/mol. The van der Waals surface area contributed by atoms with E-state index in [9.17, 15) is 39.2 Å². The fourth-order valence-electron chi connectivity index (χ4n) is 5.32. The summed E-state index contributed by atoms with van der Waals surface area (Å²) in [5.41, 5.74) is 3.49. The molecule has 1 aliphatic rings. The Morgan fingerprint density at radius 1 is 0.909 bits per heavy atom. The second kappa shape index (κ2) is 17.7. The Balaban J connectivity index is 0.00000406. The smallest absolute Gasteiger partial charge is 0.744 e. The molecule has 1 aromatic heterocycles. The third-order valence-corrected chi connectivity index (χ3v) is 10.3. The standard InChI is InChI=1S/C33H38N8O9S3.2Na/c1-7-40(15-14-34-51(6,43)44)24-12-13-27(20(2)16-24)36-28-29(33(3,4)5)38-41-31(28)37-30(39-41)21-8-10-23(11-9-21)35-32(42)22-17-25(52(45,46)47)19-26(18-22)53(48,49)50;;/h8-13,16-19,34H,7,14-15H2,1-6H3,(H,35,42)(H,45,46,47)(H,48,49,50);;/q;2*+1/p-2. The molecule has 2 N–H and O–H groups in total.